The van der Waals surface area contributed by atoms with Crippen LogP contribution in [0.5, 0.6) is 0 Å². The first kappa shape index (κ1) is 11.8. The number of carbonyl (C=O) groups excluding carboxylic acids is 1. The summed E-state index contributed by atoms with van der Waals surface area (Å²) in [5.41, 5.74) is 0.502. The Morgan fingerprint density at radius 2 is 2.18 bits per heavy atom. The van der Waals surface area contributed by atoms with Gasteiger partial charge in [0.15, 0.2) is 0 Å². The monoisotopic (exact) mass is 235 g/mol. The van der Waals surface area contributed by atoms with Gasteiger partial charge in [0.25, 0.3) is 0 Å². The number of nitrogens with zero attached hydrogens (tertiary/aromatic N) is 3. The molecule has 0 saturated carbocycles. The average molecular weight is 235 g/mol. The second-order valence-electron chi connectivity index (χ2n) is 5.23. The summed E-state index contributed by atoms with van der Waals surface area (Å²) in [6.45, 7) is 6.92. The van der Waals surface area contributed by atoms with Gasteiger partial charge in [-0.3, -0.25) is 0 Å². The van der Waals surface area contributed by atoms with E-state index >= 15 is 0 Å². The van der Waals surface area contributed by atoms with E-state index in [4.69, 9.17) is 4.74 Å². The molecule has 0 radical (unpaired) electrons. The minimum Gasteiger partial charge on any atom is -0.444 e. The standard InChI is InChI=1S/C12H17N3O2/c1-12(2,3)17-11(16)15-7-9(8-15)10-5-4-6-13-14-10/h4-6,9H,7-8H2,1-3H3. The average Bonchev–Trinajstić information content (AvgIpc) is 2.14. The van der Waals surface area contributed by atoms with Gasteiger partial charge in [-0.15, -0.1) is 0 Å². The van der Waals surface area contributed by atoms with Crippen LogP contribution in [-0.2, 0) is 4.74 Å². The summed E-state index contributed by atoms with van der Waals surface area (Å²) in [5, 5.41) is 7.87. The third kappa shape index (κ3) is 2.93. The minimum atomic E-state index is -0.436. The quantitative estimate of drug-likeness (QED) is 0.745. The first-order valence-corrected chi connectivity index (χ1v) is 5.71. The van der Waals surface area contributed by atoms with Crippen LogP contribution in [0.25, 0.3) is 0 Å². The Morgan fingerprint density at radius 1 is 1.47 bits per heavy atom. The number of aromatic nitrogens is 2. The maximum absolute atomic E-state index is 11.7. The van der Waals surface area contributed by atoms with Crippen molar-refractivity contribution in [3.63, 3.8) is 0 Å². The van der Waals surface area contributed by atoms with Gasteiger partial charge >= 0.3 is 6.09 Å². The Labute approximate surface area is 101 Å². The zero-order valence-electron chi connectivity index (χ0n) is 10.4. The van der Waals surface area contributed by atoms with Crippen LogP contribution in [0.1, 0.15) is 32.4 Å². The normalized spacial score (nSPS) is 16.5. The SMILES string of the molecule is CC(C)(C)OC(=O)N1CC(c2cccnn2)C1. The second-order valence-corrected chi connectivity index (χ2v) is 5.23. The molecule has 1 fully saturated rings. The van der Waals surface area contributed by atoms with E-state index in [0.717, 1.165) is 5.69 Å². The molecule has 1 amide bonds. The topological polar surface area (TPSA) is 55.3 Å². The molecular formula is C12H17N3O2. The predicted octanol–water partition coefficient (Wildman–Crippen LogP) is 1.81. The Morgan fingerprint density at radius 3 is 2.71 bits per heavy atom. The van der Waals surface area contributed by atoms with E-state index in [1.807, 2.05) is 32.9 Å². The fraction of sp³-hybridized carbons (Fsp3) is 0.583. The molecule has 5 heteroatoms. The molecule has 0 atom stereocenters. The van der Waals surface area contributed by atoms with Crippen molar-refractivity contribution < 1.29 is 9.53 Å². The van der Waals surface area contributed by atoms with E-state index in [9.17, 15) is 4.79 Å². The van der Waals surface area contributed by atoms with Crippen molar-refractivity contribution in [2.75, 3.05) is 13.1 Å². The highest BCUT2D eigenvalue weighted by Gasteiger charge is 2.35. The molecule has 2 heterocycles. The zero-order valence-corrected chi connectivity index (χ0v) is 10.4. The summed E-state index contributed by atoms with van der Waals surface area (Å²) in [4.78, 5) is 13.4. The first-order chi connectivity index (χ1) is 7.96. The number of carbonyl (C=O) groups is 1. The van der Waals surface area contributed by atoms with E-state index in [-0.39, 0.29) is 12.0 Å². The molecule has 1 aromatic rings. The summed E-state index contributed by atoms with van der Waals surface area (Å²) >= 11 is 0. The summed E-state index contributed by atoms with van der Waals surface area (Å²) in [7, 11) is 0. The van der Waals surface area contributed by atoms with Crippen LogP contribution in [0.15, 0.2) is 18.3 Å². The molecule has 0 N–H and O–H groups in total. The van der Waals surface area contributed by atoms with Crippen LogP contribution in [0, 0.1) is 0 Å². The lowest BCUT2D eigenvalue weighted by Crippen LogP contribution is -2.50. The van der Waals surface area contributed by atoms with Crippen molar-refractivity contribution in [1.29, 1.82) is 0 Å². The summed E-state index contributed by atoms with van der Waals surface area (Å²) < 4.78 is 5.28. The lowest BCUT2D eigenvalue weighted by Gasteiger charge is -2.39. The highest BCUT2D eigenvalue weighted by molar-refractivity contribution is 5.69. The van der Waals surface area contributed by atoms with Crippen LogP contribution in [0.2, 0.25) is 0 Å². The Kier molecular flexibility index (Phi) is 3.00. The highest BCUT2D eigenvalue weighted by atomic mass is 16.6. The van der Waals surface area contributed by atoms with E-state index in [0.29, 0.717) is 13.1 Å². The van der Waals surface area contributed by atoms with Crippen molar-refractivity contribution in [3.8, 4) is 0 Å². The number of amides is 1. The van der Waals surface area contributed by atoms with Gasteiger partial charge in [-0.05, 0) is 32.9 Å². The fourth-order valence-electron chi connectivity index (χ4n) is 1.67. The maximum atomic E-state index is 11.7. The second kappa shape index (κ2) is 4.31. The Hall–Kier alpha value is -1.65. The number of hydrogen-bond acceptors (Lipinski definition) is 4. The van der Waals surface area contributed by atoms with Gasteiger partial charge in [0, 0.05) is 25.2 Å². The van der Waals surface area contributed by atoms with Crippen molar-refractivity contribution in [3.05, 3.63) is 24.0 Å². The predicted molar refractivity (Wildman–Crippen MR) is 62.6 cm³/mol. The van der Waals surface area contributed by atoms with Crippen molar-refractivity contribution in [2.45, 2.75) is 32.3 Å². The van der Waals surface area contributed by atoms with E-state index < -0.39 is 5.60 Å². The molecule has 1 aromatic heterocycles. The summed E-state index contributed by atoms with van der Waals surface area (Å²) in [5.74, 6) is 0.288. The Balaban J connectivity index is 1.85. The van der Waals surface area contributed by atoms with Crippen molar-refractivity contribution in [2.24, 2.45) is 0 Å². The minimum absolute atomic E-state index is 0.252. The molecule has 0 aromatic carbocycles. The van der Waals surface area contributed by atoms with Gasteiger partial charge in [-0.2, -0.15) is 10.2 Å². The van der Waals surface area contributed by atoms with Gasteiger partial charge in [0.1, 0.15) is 5.60 Å². The molecule has 2 rings (SSSR count). The molecule has 5 nitrogen and oxygen atoms in total. The fourth-order valence-corrected chi connectivity index (χ4v) is 1.67. The van der Waals surface area contributed by atoms with Crippen molar-refractivity contribution >= 4 is 6.09 Å². The van der Waals surface area contributed by atoms with Gasteiger partial charge < -0.3 is 9.64 Å². The lowest BCUT2D eigenvalue weighted by molar-refractivity contribution is 0.00780. The smallest absolute Gasteiger partial charge is 0.410 e. The van der Waals surface area contributed by atoms with Crippen molar-refractivity contribution in [1.82, 2.24) is 15.1 Å². The van der Waals surface area contributed by atoms with Gasteiger partial charge in [0.2, 0.25) is 0 Å². The van der Waals surface area contributed by atoms with E-state index in [1.54, 1.807) is 11.1 Å². The van der Waals surface area contributed by atoms with Crippen LogP contribution in [-0.4, -0.2) is 39.9 Å². The molecule has 0 spiro atoms. The maximum Gasteiger partial charge on any atom is 0.410 e. The molecule has 92 valence electrons. The largest absolute Gasteiger partial charge is 0.444 e. The van der Waals surface area contributed by atoms with Crippen LogP contribution in [0.3, 0.4) is 0 Å². The lowest BCUT2D eigenvalue weighted by atomic mass is 9.97. The summed E-state index contributed by atoms with van der Waals surface area (Å²) in [6, 6.07) is 3.79. The third-order valence-electron chi connectivity index (χ3n) is 2.54. The van der Waals surface area contributed by atoms with Gasteiger partial charge in [-0.1, -0.05) is 0 Å². The molecule has 1 saturated heterocycles. The molecule has 1 aliphatic rings. The number of likely N-dealkylation sites (tertiary alicyclic amines) is 1. The molecule has 17 heavy (non-hydrogen) atoms. The zero-order chi connectivity index (χ0) is 12.5. The Bertz CT molecular complexity index is 394. The van der Waals surface area contributed by atoms with E-state index in [1.165, 1.54) is 0 Å². The molecule has 0 unspecified atom stereocenters. The molecule has 0 bridgehead atoms. The molecular weight excluding hydrogens is 218 g/mol. The summed E-state index contributed by atoms with van der Waals surface area (Å²) in [6.07, 6.45) is 1.39. The number of rotatable bonds is 1. The number of ether oxygens (including phenoxy) is 1. The van der Waals surface area contributed by atoms with Crippen LogP contribution in [0.4, 0.5) is 4.79 Å². The number of hydrogen-bond donors (Lipinski definition) is 0. The van der Waals surface area contributed by atoms with Gasteiger partial charge in [0.05, 0.1) is 5.69 Å². The van der Waals surface area contributed by atoms with Gasteiger partial charge in [-0.25, -0.2) is 4.79 Å². The van der Waals surface area contributed by atoms with Crippen LogP contribution >= 0.6 is 0 Å². The highest BCUT2D eigenvalue weighted by Crippen LogP contribution is 2.26. The first-order valence-electron chi connectivity index (χ1n) is 5.71. The third-order valence-corrected chi connectivity index (χ3v) is 2.54. The van der Waals surface area contributed by atoms with Crippen LogP contribution < -0.4 is 0 Å². The van der Waals surface area contributed by atoms with E-state index in [2.05, 4.69) is 10.2 Å². The molecule has 1 aliphatic heterocycles. The molecule has 0 aliphatic carbocycles.